The molecule has 0 aliphatic heterocycles. The molecule has 0 spiro atoms. The molecule has 2 nitrogen and oxygen atoms in total. The molecule has 0 unspecified atom stereocenters. The Balaban J connectivity index is 0.000000288. The van der Waals surface area contributed by atoms with E-state index in [1.165, 1.54) is 135 Å². The Hall–Kier alpha value is -1.83. The summed E-state index contributed by atoms with van der Waals surface area (Å²) in [6.45, 7) is 4.55. The highest BCUT2D eigenvalue weighted by molar-refractivity contribution is 14.1. The van der Waals surface area contributed by atoms with Crippen molar-refractivity contribution in [2.45, 2.75) is 129 Å². The second-order valence-corrected chi connectivity index (χ2v) is 15.8. The standard InChI is InChI=1S/C22H30BrN.C16H27N.C6H4BrI/c1-2-3-4-5-6-7-8-9-12-19-15-17-20(18-16-19)24-22-14-11-10-13-21(22)23;1-2-3-4-5-6-7-8-9-10-15-11-13-16(17)14-12-15;7-5-3-1-2-4-6(5)8/h10-11,13-18,24H,2-9,12H2,1H3;11-14H,2-10,17H2,1H3;1-4H. The normalized spacial score (nSPS) is 10.5. The highest BCUT2D eigenvalue weighted by Gasteiger charge is 2.00. The van der Waals surface area contributed by atoms with Crippen molar-refractivity contribution in [2.75, 3.05) is 11.1 Å². The second-order valence-electron chi connectivity index (χ2n) is 12.9. The number of rotatable bonds is 20. The van der Waals surface area contributed by atoms with Crippen LogP contribution in [0.4, 0.5) is 17.1 Å². The lowest BCUT2D eigenvalue weighted by atomic mass is 10.0. The van der Waals surface area contributed by atoms with Crippen LogP contribution < -0.4 is 11.1 Å². The number of hydrogen-bond donors (Lipinski definition) is 2. The number of anilines is 3. The van der Waals surface area contributed by atoms with Crippen LogP contribution >= 0.6 is 54.5 Å². The van der Waals surface area contributed by atoms with Crippen LogP contribution in [-0.2, 0) is 12.8 Å². The minimum absolute atomic E-state index is 0.865. The van der Waals surface area contributed by atoms with E-state index in [9.17, 15) is 0 Å². The first-order chi connectivity index (χ1) is 23.9. The van der Waals surface area contributed by atoms with Crippen molar-refractivity contribution in [3.05, 3.63) is 121 Å². The van der Waals surface area contributed by atoms with Gasteiger partial charge in [0.1, 0.15) is 0 Å². The van der Waals surface area contributed by atoms with Gasteiger partial charge in [0, 0.05) is 23.9 Å². The number of nitrogens with one attached hydrogen (secondary N) is 1. The maximum atomic E-state index is 5.66. The summed E-state index contributed by atoms with van der Waals surface area (Å²) >= 11 is 9.24. The number of aryl methyl sites for hydroxylation is 2. The van der Waals surface area contributed by atoms with E-state index >= 15 is 0 Å². The van der Waals surface area contributed by atoms with Gasteiger partial charge in [-0.15, -0.1) is 0 Å². The molecule has 5 heteroatoms. The van der Waals surface area contributed by atoms with Gasteiger partial charge in [0.25, 0.3) is 0 Å². The van der Waals surface area contributed by atoms with E-state index < -0.39 is 0 Å². The second kappa shape index (κ2) is 28.8. The Kier molecular flexibility index (Phi) is 25.5. The molecule has 4 rings (SSSR count). The molecule has 0 atom stereocenters. The first-order valence-corrected chi connectivity index (χ1v) is 21.4. The molecule has 0 amide bonds. The van der Waals surface area contributed by atoms with Gasteiger partial charge in [0.05, 0.1) is 5.69 Å². The van der Waals surface area contributed by atoms with Gasteiger partial charge in [-0.05, 0) is 140 Å². The molecule has 3 N–H and O–H groups in total. The summed E-state index contributed by atoms with van der Waals surface area (Å²) in [6.07, 6.45) is 24.6. The summed E-state index contributed by atoms with van der Waals surface area (Å²) in [4.78, 5) is 0. The summed E-state index contributed by atoms with van der Waals surface area (Å²) in [5.41, 5.74) is 11.6. The summed E-state index contributed by atoms with van der Waals surface area (Å²) in [5.74, 6) is 0. The Morgan fingerprint density at radius 3 is 1.33 bits per heavy atom. The third kappa shape index (κ3) is 21.9. The zero-order valence-corrected chi connectivity index (χ0v) is 35.5. The summed E-state index contributed by atoms with van der Waals surface area (Å²) < 4.78 is 3.51. The van der Waals surface area contributed by atoms with Crippen LogP contribution in [0, 0.1) is 3.57 Å². The Morgan fingerprint density at radius 2 is 0.898 bits per heavy atom. The van der Waals surface area contributed by atoms with Crippen LogP contribution in [0.15, 0.2) is 106 Å². The largest absolute Gasteiger partial charge is 0.399 e. The summed E-state index contributed by atoms with van der Waals surface area (Å²) in [5, 5.41) is 3.45. The van der Waals surface area contributed by atoms with E-state index in [1.807, 2.05) is 42.5 Å². The van der Waals surface area contributed by atoms with Gasteiger partial charge >= 0.3 is 0 Å². The maximum absolute atomic E-state index is 5.66. The maximum Gasteiger partial charge on any atom is 0.0528 e. The lowest BCUT2D eigenvalue weighted by Gasteiger charge is -2.09. The lowest BCUT2D eigenvalue weighted by Crippen LogP contribution is -1.92. The fraction of sp³-hybridized carbons (Fsp3) is 0.455. The first-order valence-electron chi connectivity index (χ1n) is 18.8. The quantitative estimate of drug-likeness (QED) is 0.0527. The number of nitrogens with two attached hydrogens (primary N) is 1. The SMILES string of the molecule is Brc1ccccc1I.CCCCCCCCCCc1ccc(N)cc1.CCCCCCCCCCc1ccc(Nc2ccccc2Br)cc1. The molecular weight excluding hydrogens is 843 g/mol. The number of benzene rings is 4. The van der Waals surface area contributed by atoms with E-state index in [2.05, 4.69) is 128 Å². The molecule has 4 aromatic carbocycles. The zero-order chi connectivity index (χ0) is 35.4. The van der Waals surface area contributed by atoms with Gasteiger partial charge in [0.15, 0.2) is 0 Å². The van der Waals surface area contributed by atoms with Gasteiger partial charge in [0.2, 0.25) is 0 Å². The third-order valence-electron chi connectivity index (χ3n) is 8.55. The predicted octanol–water partition coefficient (Wildman–Crippen LogP) is 15.9. The zero-order valence-electron chi connectivity index (χ0n) is 30.2. The van der Waals surface area contributed by atoms with Gasteiger partial charge in [-0.1, -0.05) is 152 Å². The van der Waals surface area contributed by atoms with E-state index in [1.54, 1.807) is 0 Å². The fourth-order valence-corrected chi connectivity index (χ4v) is 6.58. The molecule has 0 radical (unpaired) electrons. The molecule has 0 bridgehead atoms. The average molecular weight is 905 g/mol. The number of nitrogen functional groups attached to an aromatic ring is 1. The monoisotopic (exact) mass is 902 g/mol. The van der Waals surface area contributed by atoms with Crippen LogP contribution in [0.2, 0.25) is 0 Å². The van der Waals surface area contributed by atoms with Crippen molar-refractivity contribution in [3.63, 3.8) is 0 Å². The van der Waals surface area contributed by atoms with Gasteiger partial charge in [-0.2, -0.15) is 0 Å². The highest BCUT2D eigenvalue weighted by Crippen LogP contribution is 2.25. The lowest BCUT2D eigenvalue weighted by molar-refractivity contribution is 0.575. The van der Waals surface area contributed by atoms with Crippen molar-refractivity contribution in [1.82, 2.24) is 0 Å². The molecule has 4 aromatic rings. The van der Waals surface area contributed by atoms with Gasteiger partial charge in [-0.25, -0.2) is 0 Å². The summed E-state index contributed by atoms with van der Waals surface area (Å²) in [7, 11) is 0. The Labute approximate surface area is 330 Å². The molecule has 49 heavy (non-hydrogen) atoms. The first kappa shape index (κ1) is 43.3. The van der Waals surface area contributed by atoms with Crippen molar-refractivity contribution >= 4 is 71.5 Å². The Bertz CT molecular complexity index is 1340. The van der Waals surface area contributed by atoms with Gasteiger partial charge < -0.3 is 11.1 Å². The number of hydrogen-bond acceptors (Lipinski definition) is 2. The van der Waals surface area contributed by atoms with E-state index in [4.69, 9.17) is 5.73 Å². The third-order valence-corrected chi connectivity index (χ3v) is 11.6. The minimum Gasteiger partial charge on any atom is -0.399 e. The van der Waals surface area contributed by atoms with E-state index in [0.717, 1.165) is 21.5 Å². The van der Waals surface area contributed by atoms with Crippen LogP contribution in [0.1, 0.15) is 128 Å². The van der Waals surface area contributed by atoms with E-state index in [-0.39, 0.29) is 0 Å². The number of unbranched alkanes of at least 4 members (excludes halogenated alkanes) is 14. The number of para-hydroxylation sites is 1. The van der Waals surface area contributed by atoms with Crippen molar-refractivity contribution in [1.29, 1.82) is 0 Å². The Morgan fingerprint density at radius 1 is 0.490 bits per heavy atom. The predicted molar refractivity (Wildman–Crippen MR) is 234 cm³/mol. The van der Waals surface area contributed by atoms with Crippen molar-refractivity contribution < 1.29 is 0 Å². The van der Waals surface area contributed by atoms with E-state index in [0.29, 0.717) is 0 Å². The van der Waals surface area contributed by atoms with Crippen molar-refractivity contribution in [3.8, 4) is 0 Å². The van der Waals surface area contributed by atoms with Gasteiger partial charge in [-0.3, -0.25) is 0 Å². The van der Waals surface area contributed by atoms with Crippen LogP contribution in [0.3, 0.4) is 0 Å². The average Bonchev–Trinajstić information content (AvgIpc) is 3.11. The molecule has 0 heterocycles. The van der Waals surface area contributed by atoms with Crippen LogP contribution in [0.25, 0.3) is 0 Å². The highest BCUT2D eigenvalue weighted by atomic mass is 127. The topological polar surface area (TPSA) is 38.0 Å². The molecule has 0 saturated heterocycles. The van der Waals surface area contributed by atoms with Crippen LogP contribution in [0.5, 0.6) is 0 Å². The molecule has 0 aliphatic rings. The molecule has 0 aromatic heterocycles. The molecular formula is C44H61Br2IN2. The van der Waals surface area contributed by atoms with Crippen LogP contribution in [-0.4, -0.2) is 0 Å². The minimum atomic E-state index is 0.865. The fourth-order valence-electron chi connectivity index (χ4n) is 5.52. The molecule has 0 saturated carbocycles. The molecule has 268 valence electrons. The smallest absolute Gasteiger partial charge is 0.0528 e. The van der Waals surface area contributed by atoms with Crippen molar-refractivity contribution in [2.24, 2.45) is 0 Å². The number of halogens is 3. The molecule has 0 fully saturated rings. The summed E-state index contributed by atoms with van der Waals surface area (Å²) in [6, 6.07) is 33.5. The molecule has 0 aliphatic carbocycles.